The zero-order valence-corrected chi connectivity index (χ0v) is 14.7. The summed E-state index contributed by atoms with van der Waals surface area (Å²) in [5, 5.41) is 0. The summed E-state index contributed by atoms with van der Waals surface area (Å²) in [6, 6.07) is 0. The molecule has 0 aromatic rings. The number of ether oxygens (including phenoxy) is 5. The summed E-state index contributed by atoms with van der Waals surface area (Å²) >= 11 is 0. The second kappa shape index (κ2) is 9.56. The lowest BCUT2D eigenvalue weighted by molar-refractivity contribution is -0.323. The van der Waals surface area contributed by atoms with Crippen molar-refractivity contribution in [3.63, 3.8) is 0 Å². The zero-order valence-electron chi connectivity index (χ0n) is 14.7. The number of rotatable bonds is 8. The van der Waals surface area contributed by atoms with Gasteiger partial charge >= 0.3 is 11.9 Å². The van der Waals surface area contributed by atoms with E-state index in [2.05, 4.69) is 13.2 Å². The molecule has 7 nitrogen and oxygen atoms in total. The van der Waals surface area contributed by atoms with Crippen LogP contribution in [-0.2, 0) is 33.3 Å². The first kappa shape index (κ1) is 20.3. The van der Waals surface area contributed by atoms with E-state index in [0.717, 1.165) is 6.42 Å². The first-order valence-electron chi connectivity index (χ1n) is 7.88. The Morgan fingerprint density at radius 3 is 1.62 bits per heavy atom. The maximum atomic E-state index is 11.4. The molecule has 136 valence electrons. The van der Waals surface area contributed by atoms with Crippen molar-refractivity contribution < 1.29 is 33.3 Å². The van der Waals surface area contributed by atoms with E-state index in [1.165, 1.54) is 0 Å². The van der Waals surface area contributed by atoms with E-state index in [0.29, 0.717) is 24.0 Å². The molecule has 1 rings (SSSR count). The van der Waals surface area contributed by atoms with Gasteiger partial charge in [-0.25, -0.2) is 9.59 Å². The molecule has 4 unspecified atom stereocenters. The molecule has 0 bridgehead atoms. The van der Waals surface area contributed by atoms with Gasteiger partial charge in [0.15, 0.2) is 12.6 Å². The molecular weight excluding hydrogens is 316 g/mol. The van der Waals surface area contributed by atoms with Gasteiger partial charge in [-0.15, -0.1) is 0 Å². The highest BCUT2D eigenvalue weighted by molar-refractivity contribution is 5.87. The predicted molar refractivity (Wildman–Crippen MR) is 85.4 cm³/mol. The minimum atomic E-state index is -0.767. The number of hydrogen-bond donors (Lipinski definition) is 0. The van der Waals surface area contributed by atoms with Crippen molar-refractivity contribution in [1.82, 2.24) is 0 Å². The van der Waals surface area contributed by atoms with Crippen molar-refractivity contribution in [2.75, 3.05) is 0 Å². The maximum Gasteiger partial charge on any atom is 0.335 e. The van der Waals surface area contributed by atoms with Crippen LogP contribution in [-0.4, -0.2) is 37.1 Å². The molecule has 0 aromatic carbocycles. The number of carbonyl (C=O) groups excluding carboxylic acids is 2. The van der Waals surface area contributed by atoms with Crippen molar-refractivity contribution >= 4 is 11.9 Å². The Hall–Kier alpha value is -1.70. The fourth-order valence-corrected chi connectivity index (χ4v) is 1.94. The summed E-state index contributed by atoms with van der Waals surface area (Å²) in [4.78, 5) is 22.9. The SMILES string of the molecule is C=C(C)C(=O)OC(C)OC1CCCC(OC(C)OC(=O)C(=C)C)O1. The van der Waals surface area contributed by atoms with Crippen molar-refractivity contribution in [3.05, 3.63) is 24.3 Å². The molecule has 0 amide bonds. The molecule has 1 fully saturated rings. The van der Waals surface area contributed by atoms with Crippen molar-refractivity contribution in [1.29, 1.82) is 0 Å². The molecule has 1 aliphatic heterocycles. The van der Waals surface area contributed by atoms with Gasteiger partial charge < -0.3 is 23.7 Å². The number of hydrogen-bond acceptors (Lipinski definition) is 7. The third-order valence-corrected chi connectivity index (χ3v) is 3.11. The average molecular weight is 342 g/mol. The minimum Gasteiger partial charge on any atom is -0.433 e. The van der Waals surface area contributed by atoms with Crippen LogP contribution in [0.3, 0.4) is 0 Å². The first-order valence-corrected chi connectivity index (χ1v) is 7.88. The molecule has 7 heteroatoms. The van der Waals surface area contributed by atoms with Gasteiger partial charge in [0.25, 0.3) is 0 Å². The largest absolute Gasteiger partial charge is 0.433 e. The van der Waals surface area contributed by atoms with E-state index in [1.807, 2.05) is 0 Å². The molecule has 0 N–H and O–H groups in total. The summed E-state index contributed by atoms with van der Waals surface area (Å²) in [5.41, 5.74) is 0.591. The van der Waals surface area contributed by atoms with Crippen LogP contribution in [0.2, 0.25) is 0 Å². The lowest BCUT2D eigenvalue weighted by Crippen LogP contribution is -2.37. The topological polar surface area (TPSA) is 80.3 Å². The van der Waals surface area contributed by atoms with Crippen LogP contribution < -0.4 is 0 Å². The van der Waals surface area contributed by atoms with E-state index in [9.17, 15) is 9.59 Å². The van der Waals surface area contributed by atoms with Gasteiger partial charge in [0, 0.05) is 11.1 Å². The standard InChI is InChI=1S/C17H26O7/c1-10(2)16(18)22-12(5)20-14-8-7-9-15(24-14)21-13(6)23-17(19)11(3)4/h12-15H,1,3,7-9H2,2,4-6H3. The zero-order chi connectivity index (χ0) is 18.3. The summed E-state index contributed by atoms with van der Waals surface area (Å²) in [6.07, 6.45) is -0.573. The molecule has 0 aliphatic carbocycles. The average Bonchev–Trinajstić information content (AvgIpc) is 2.46. The van der Waals surface area contributed by atoms with Crippen LogP contribution in [0.15, 0.2) is 24.3 Å². The molecule has 24 heavy (non-hydrogen) atoms. The Kier molecular flexibility index (Phi) is 8.10. The van der Waals surface area contributed by atoms with E-state index in [-0.39, 0.29) is 0 Å². The van der Waals surface area contributed by atoms with Crippen LogP contribution >= 0.6 is 0 Å². The van der Waals surface area contributed by atoms with Crippen LogP contribution in [0.1, 0.15) is 47.0 Å². The lowest BCUT2D eigenvalue weighted by atomic mass is 10.2. The van der Waals surface area contributed by atoms with Gasteiger partial charge in [0.05, 0.1) is 0 Å². The van der Waals surface area contributed by atoms with Gasteiger partial charge in [0.2, 0.25) is 12.6 Å². The van der Waals surface area contributed by atoms with Crippen LogP contribution in [0.25, 0.3) is 0 Å². The number of carbonyl (C=O) groups is 2. The Balaban J connectivity index is 2.40. The highest BCUT2D eigenvalue weighted by Crippen LogP contribution is 2.23. The molecule has 1 aliphatic rings. The molecular formula is C17H26O7. The van der Waals surface area contributed by atoms with Gasteiger partial charge in [-0.3, -0.25) is 0 Å². The maximum absolute atomic E-state index is 11.4. The highest BCUT2D eigenvalue weighted by Gasteiger charge is 2.28. The molecule has 1 saturated heterocycles. The summed E-state index contributed by atoms with van der Waals surface area (Å²) in [5.74, 6) is -1.04. The van der Waals surface area contributed by atoms with E-state index in [1.54, 1.807) is 27.7 Å². The van der Waals surface area contributed by atoms with Gasteiger partial charge in [0.1, 0.15) is 0 Å². The van der Waals surface area contributed by atoms with Crippen molar-refractivity contribution in [2.24, 2.45) is 0 Å². The van der Waals surface area contributed by atoms with Crippen LogP contribution in [0.5, 0.6) is 0 Å². The van der Waals surface area contributed by atoms with E-state index >= 15 is 0 Å². The van der Waals surface area contributed by atoms with E-state index in [4.69, 9.17) is 23.7 Å². The second-order valence-electron chi connectivity index (χ2n) is 5.70. The normalized spacial score (nSPS) is 23.0. The molecule has 4 atom stereocenters. The predicted octanol–water partition coefficient (Wildman–Crippen LogP) is 2.80. The summed E-state index contributed by atoms with van der Waals surface area (Å²) in [7, 11) is 0. The Morgan fingerprint density at radius 2 is 1.29 bits per heavy atom. The van der Waals surface area contributed by atoms with Crippen molar-refractivity contribution in [3.8, 4) is 0 Å². The van der Waals surface area contributed by atoms with Crippen LogP contribution in [0, 0.1) is 0 Å². The highest BCUT2D eigenvalue weighted by atomic mass is 16.8. The van der Waals surface area contributed by atoms with E-state index < -0.39 is 37.1 Å². The minimum absolute atomic E-state index is 0.296. The Morgan fingerprint density at radius 1 is 0.917 bits per heavy atom. The van der Waals surface area contributed by atoms with Crippen LogP contribution in [0.4, 0.5) is 0 Å². The number of esters is 2. The second-order valence-corrected chi connectivity index (χ2v) is 5.70. The third-order valence-electron chi connectivity index (χ3n) is 3.11. The smallest absolute Gasteiger partial charge is 0.335 e. The fraction of sp³-hybridized carbons (Fsp3) is 0.647. The van der Waals surface area contributed by atoms with Gasteiger partial charge in [-0.1, -0.05) is 13.2 Å². The summed E-state index contributed by atoms with van der Waals surface area (Å²) < 4.78 is 26.8. The first-order chi connectivity index (χ1) is 11.2. The van der Waals surface area contributed by atoms with Crippen molar-refractivity contribution in [2.45, 2.75) is 72.1 Å². The molecule has 1 heterocycles. The fourth-order valence-electron chi connectivity index (χ4n) is 1.94. The lowest BCUT2D eigenvalue weighted by Gasteiger charge is -2.32. The molecule has 0 spiro atoms. The third kappa shape index (κ3) is 7.25. The van der Waals surface area contributed by atoms with Gasteiger partial charge in [-0.05, 0) is 47.0 Å². The molecule has 0 radical (unpaired) electrons. The molecule has 0 saturated carbocycles. The summed E-state index contributed by atoms with van der Waals surface area (Å²) in [6.45, 7) is 13.3. The Labute approximate surface area is 142 Å². The molecule has 0 aromatic heterocycles. The van der Waals surface area contributed by atoms with Gasteiger partial charge in [-0.2, -0.15) is 0 Å². The monoisotopic (exact) mass is 342 g/mol. The quantitative estimate of drug-likeness (QED) is 0.381. The Bertz CT molecular complexity index is 443.